The summed E-state index contributed by atoms with van der Waals surface area (Å²) in [7, 11) is 3.52. The van der Waals surface area contributed by atoms with Crippen LogP contribution in [0.4, 0.5) is 19.4 Å². The van der Waals surface area contributed by atoms with Crippen molar-refractivity contribution < 1.29 is 18.3 Å². The number of carbonyl (C=O) groups excluding carboxylic acids is 1. The van der Waals surface area contributed by atoms with Gasteiger partial charge >= 0.3 is 6.03 Å². The minimum atomic E-state index is -0.632. The second kappa shape index (κ2) is 12.6. The number of carbonyl (C=O) groups is 1. The van der Waals surface area contributed by atoms with Gasteiger partial charge in [0, 0.05) is 45.1 Å². The van der Waals surface area contributed by atoms with Crippen molar-refractivity contribution in [3.63, 3.8) is 0 Å². The lowest BCUT2D eigenvalue weighted by molar-refractivity contribution is 0.160. The number of anilines is 1. The van der Waals surface area contributed by atoms with Gasteiger partial charge in [0.05, 0.1) is 12.3 Å². The third-order valence-electron chi connectivity index (χ3n) is 6.56. The Bertz CT molecular complexity index is 1380. The van der Waals surface area contributed by atoms with Crippen LogP contribution in [0.2, 0.25) is 0 Å². The molecule has 0 aliphatic carbocycles. The van der Waals surface area contributed by atoms with Gasteiger partial charge in [-0.25, -0.2) is 18.3 Å². The molecule has 0 bridgehead atoms. The van der Waals surface area contributed by atoms with Gasteiger partial charge in [-0.05, 0) is 61.7 Å². The zero-order chi connectivity index (χ0) is 27.9. The number of benzene rings is 2. The molecule has 2 aromatic carbocycles. The van der Waals surface area contributed by atoms with E-state index in [-0.39, 0.29) is 5.92 Å². The SMILES string of the molecule is COCCN1CCC(c2cc(F)cc(F)c2)C1.Cc1c(-c2ccn(C)n2)nn(-c2ccccc2)c1NC(N)=O. The number of aryl methyl sites for hydroxylation is 1. The molecule has 1 atom stereocenters. The van der Waals surface area contributed by atoms with Crippen LogP contribution in [0.15, 0.2) is 60.8 Å². The van der Waals surface area contributed by atoms with E-state index in [4.69, 9.17) is 10.5 Å². The van der Waals surface area contributed by atoms with Gasteiger partial charge in [0.15, 0.2) is 0 Å². The number of likely N-dealkylation sites (tertiary alicyclic amines) is 1. The molecule has 9 nitrogen and oxygen atoms in total. The number of rotatable bonds is 7. The number of urea groups is 1. The molecule has 0 radical (unpaired) electrons. The number of nitrogens with one attached hydrogen (secondary N) is 1. The first kappa shape index (κ1) is 27.9. The van der Waals surface area contributed by atoms with Crippen molar-refractivity contribution in [2.45, 2.75) is 19.3 Å². The van der Waals surface area contributed by atoms with Crippen LogP contribution in [0.3, 0.4) is 0 Å². The number of nitrogens with zero attached hydrogens (tertiary/aromatic N) is 5. The van der Waals surface area contributed by atoms with Gasteiger partial charge in [0.2, 0.25) is 0 Å². The van der Waals surface area contributed by atoms with Crippen LogP contribution in [-0.2, 0) is 11.8 Å². The van der Waals surface area contributed by atoms with Crippen molar-refractivity contribution in [1.29, 1.82) is 0 Å². The fourth-order valence-electron chi connectivity index (χ4n) is 4.64. The van der Waals surface area contributed by atoms with Gasteiger partial charge in [-0.3, -0.25) is 10.00 Å². The first-order valence-electron chi connectivity index (χ1n) is 12.6. The van der Waals surface area contributed by atoms with Gasteiger partial charge < -0.3 is 15.4 Å². The molecular formula is C28H33F2N7O2. The Morgan fingerprint density at radius 2 is 1.85 bits per heavy atom. The number of ether oxygens (including phenoxy) is 1. The number of hydrogen-bond acceptors (Lipinski definition) is 5. The van der Waals surface area contributed by atoms with Crippen LogP contribution in [-0.4, -0.2) is 63.8 Å². The largest absolute Gasteiger partial charge is 0.383 e. The van der Waals surface area contributed by atoms with E-state index >= 15 is 0 Å². The Labute approximate surface area is 226 Å². The number of primary amides is 1. The lowest BCUT2D eigenvalue weighted by Gasteiger charge is -2.15. The normalized spacial score (nSPS) is 15.2. The number of nitrogens with two attached hydrogens (primary N) is 1. The number of aromatic nitrogens is 4. The maximum absolute atomic E-state index is 13.1. The van der Waals surface area contributed by atoms with Crippen LogP contribution in [0.25, 0.3) is 17.1 Å². The summed E-state index contributed by atoms with van der Waals surface area (Å²) >= 11 is 0. The highest BCUT2D eigenvalue weighted by atomic mass is 19.1. The summed E-state index contributed by atoms with van der Waals surface area (Å²) in [6.45, 7) is 5.27. The van der Waals surface area contributed by atoms with E-state index in [1.165, 1.54) is 12.1 Å². The molecule has 1 saturated heterocycles. The van der Waals surface area contributed by atoms with Crippen molar-refractivity contribution in [2.75, 3.05) is 38.7 Å². The average Bonchev–Trinajstić information content (AvgIpc) is 3.63. The van der Waals surface area contributed by atoms with Gasteiger partial charge in [-0.15, -0.1) is 0 Å². The molecule has 0 saturated carbocycles. The van der Waals surface area contributed by atoms with Crippen LogP contribution < -0.4 is 11.1 Å². The van der Waals surface area contributed by atoms with Crippen molar-refractivity contribution in [3.8, 4) is 17.1 Å². The van der Waals surface area contributed by atoms with Crippen LogP contribution in [0, 0.1) is 18.6 Å². The smallest absolute Gasteiger partial charge is 0.317 e. The lowest BCUT2D eigenvalue weighted by atomic mass is 9.98. The number of halogens is 2. The monoisotopic (exact) mass is 537 g/mol. The lowest BCUT2D eigenvalue weighted by Crippen LogP contribution is -2.24. The summed E-state index contributed by atoms with van der Waals surface area (Å²) in [6, 6.07) is 14.6. The van der Waals surface area contributed by atoms with E-state index in [9.17, 15) is 13.6 Å². The molecule has 39 heavy (non-hydrogen) atoms. The van der Waals surface area contributed by atoms with E-state index in [2.05, 4.69) is 20.4 Å². The number of hydrogen-bond donors (Lipinski definition) is 2. The molecular weight excluding hydrogens is 504 g/mol. The number of amides is 2. The molecule has 5 rings (SSSR count). The standard InChI is InChI=1S/C15H16N6O.C13H17F2NO/c1-10-13(12-8-9-20(2)18-12)19-21(14(10)17-15(16)22)11-6-4-3-5-7-11;1-17-5-4-16-3-2-10(9-16)11-6-12(14)8-13(15)7-11/h3-9H,1-2H3,(H3,16,17,22);6-8,10H,2-5,9H2,1H3. The maximum Gasteiger partial charge on any atom is 0.317 e. The first-order valence-corrected chi connectivity index (χ1v) is 12.6. The average molecular weight is 538 g/mol. The minimum absolute atomic E-state index is 0.233. The van der Waals surface area contributed by atoms with Crippen LogP contribution in [0.1, 0.15) is 23.5 Å². The van der Waals surface area contributed by atoms with E-state index < -0.39 is 17.7 Å². The second-order valence-electron chi connectivity index (χ2n) is 9.42. The second-order valence-corrected chi connectivity index (χ2v) is 9.42. The van der Waals surface area contributed by atoms with Crippen molar-refractivity contribution >= 4 is 11.8 Å². The highest BCUT2D eigenvalue weighted by molar-refractivity contribution is 5.89. The van der Waals surface area contributed by atoms with Gasteiger partial charge in [0.1, 0.15) is 28.8 Å². The molecule has 1 fully saturated rings. The molecule has 2 aromatic heterocycles. The van der Waals surface area contributed by atoms with Gasteiger partial charge in [0.25, 0.3) is 0 Å². The summed E-state index contributed by atoms with van der Waals surface area (Å²) < 4.78 is 34.6. The molecule has 2 amide bonds. The Morgan fingerprint density at radius 3 is 2.46 bits per heavy atom. The highest BCUT2D eigenvalue weighted by Crippen LogP contribution is 2.30. The van der Waals surface area contributed by atoms with E-state index in [0.717, 1.165) is 54.6 Å². The van der Waals surface area contributed by atoms with Crippen LogP contribution >= 0.6 is 0 Å². The predicted octanol–water partition coefficient (Wildman–Crippen LogP) is 4.47. The molecule has 206 valence electrons. The van der Waals surface area contributed by atoms with E-state index in [1.807, 2.05) is 56.6 Å². The number of methoxy groups -OCH3 is 1. The fourth-order valence-corrected chi connectivity index (χ4v) is 4.64. The summed E-state index contributed by atoms with van der Waals surface area (Å²) in [5.41, 5.74) is 9.12. The molecule has 11 heteroatoms. The van der Waals surface area contributed by atoms with Crippen molar-refractivity contribution in [3.05, 3.63) is 83.6 Å². The molecule has 1 aliphatic rings. The van der Waals surface area contributed by atoms with E-state index in [0.29, 0.717) is 18.1 Å². The fraction of sp³-hybridized carbons (Fsp3) is 0.321. The predicted molar refractivity (Wildman–Crippen MR) is 146 cm³/mol. The van der Waals surface area contributed by atoms with Gasteiger partial charge in [-0.2, -0.15) is 10.2 Å². The molecule has 3 heterocycles. The Kier molecular flexibility index (Phi) is 9.05. The highest BCUT2D eigenvalue weighted by Gasteiger charge is 2.24. The zero-order valence-corrected chi connectivity index (χ0v) is 22.3. The Balaban J connectivity index is 0.000000187. The molecule has 0 spiro atoms. The van der Waals surface area contributed by atoms with Gasteiger partial charge in [-0.1, -0.05) is 18.2 Å². The zero-order valence-electron chi connectivity index (χ0n) is 22.3. The third-order valence-corrected chi connectivity index (χ3v) is 6.56. The van der Waals surface area contributed by atoms with Crippen molar-refractivity contribution in [1.82, 2.24) is 24.5 Å². The summed E-state index contributed by atoms with van der Waals surface area (Å²) in [4.78, 5) is 13.6. The summed E-state index contributed by atoms with van der Waals surface area (Å²) in [6.07, 6.45) is 2.80. The number of para-hydroxylation sites is 1. The third kappa shape index (κ3) is 7.06. The topological polar surface area (TPSA) is 103 Å². The Hall–Kier alpha value is -4.09. The summed E-state index contributed by atoms with van der Waals surface area (Å²) in [5.74, 6) is -0.206. The van der Waals surface area contributed by atoms with Crippen molar-refractivity contribution in [2.24, 2.45) is 12.8 Å². The minimum Gasteiger partial charge on any atom is -0.383 e. The molecule has 3 N–H and O–H groups in total. The Morgan fingerprint density at radius 1 is 1.13 bits per heavy atom. The van der Waals surface area contributed by atoms with Crippen LogP contribution in [0.5, 0.6) is 0 Å². The molecule has 4 aromatic rings. The maximum atomic E-state index is 13.1. The molecule has 1 unspecified atom stereocenters. The first-order chi connectivity index (χ1) is 18.7. The quantitative estimate of drug-likeness (QED) is 0.362. The summed E-state index contributed by atoms with van der Waals surface area (Å²) in [5, 5.41) is 11.6. The van der Waals surface area contributed by atoms with E-state index in [1.54, 1.807) is 16.5 Å². The molecule has 1 aliphatic heterocycles.